The van der Waals surface area contributed by atoms with Gasteiger partial charge in [0, 0.05) is 31.1 Å². The van der Waals surface area contributed by atoms with E-state index < -0.39 is 0 Å². The molecule has 2 fully saturated rings. The van der Waals surface area contributed by atoms with Crippen molar-refractivity contribution in [3.05, 3.63) is 0 Å². The molecule has 112 valence electrons. The van der Waals surface area contributed by atoms with E-state index in [1.807, 2.05) is 11.8 Å². The average molecular weight is 397 g/mol. The Morgan fingerprint density at radius 2 is 1.84 bits per heavy atom. The van der Waals surface area contributed by atoms with Crippen LogP contribution < -0.4 is 5.73 Å². The normalized spacial score (nSPS) is 21.5. The maximum atomic E-state index is 6.02. The summed E-state index contributed by atoms with van der Waals surface area (Å²) in [5.41, 5.74) is 6.02. The maximum absolute atomic E-state index is 6.02. The van der Waals surface area contributed by atoms with E-state index in [0.29, 0.717) is 0 Å². The lowest BCUT2D eigenvalue weighted by Gasteiger charge is -2.27. The molecular weight excluding hydrogens is 369 g/mol. The second-order valence-corrected chi connectivity index (χ2v) is 6.71. The van der Waals surface area contributed by atoms with Gasteiger partial charge in [-0.15, -0.1) is 24.0 Å². The molecule has 5 heteroatoms. The van der Waals surface area contributed by atoms with Crippen LogP contribution in [0.4, 0.5) is 0 Å². The molecule has 1 aliphatic carbocycles. The second-order valence-electron chi connectivity index (χ2n) is 5.49. The lowest BCUT2D eigenvalue weighted by molar-refractivity contribution is 0.452. The quantitative estimate of drug-likeness (QED) is 0.335. The Bertz CT molecular complexity index is 261. The highest BCUT2D eigenvalue weighted by Gasteiger charge is 2.14. The number of hydrogen-bond acceptors (Lipinski definition) is 2. The number of aliphatic imine (C=N–C) groups is 1. The highest BCUT2D eigenvalue weighted by atomic mass is 127. The van der Waals surface area contributed by atoms with Crippen LogP contribution in [0.5, 0.6) is 0 Å². The number of thioether (sulfide) groups is 1. The summed E-state index contributed by atoms with van der Waals surface area (Å²) in [4.78, 5) is 6.75. The van der Waals surface area contributed by atoms with Crippen molar-refractivity contribution in [1.82, 2.24) is 4.90 Å². The van der Waals surface area contributed by atoms with E-state index in [-0.39, 0.29) is 24.0 Å². The first-order valence-electron chi connectivity index (χ1n) is 7.49. The molecule has 0 amide bonds. The standard InChI is InChI=1S/C14H27N3S.HI/c15-14(17-9-11-18-12-10-17)16-8-4-3-7-13-5-1-2-6-13;/h13H,1-12H2,(H2,15,16);1H. The Morgan fingerprint density at radius 1 is 1.16 bits per heavy atom. The molecule has 0 aromatic carbocycles. The van der Waals surface area contributed by atoms with Gasteiger partial charge in [-0.1, -0.05) is 38.5 Å². The third-order valence-electron chi connectivity index (χ3n) is 4.10. The first-order valence-corrected chi connectivity index (χ1v) is 8.64. The minimum Gasteiger partial charge on any atom is -0.370 e. The largest absolute Gasteiger partial charge is 0.370 e. The van der Waals surface area contributed by atoms with E-state index in [1.165, 1.54) is 56.5 Å². The van der Waals surface area contributed by atoms with Gasteiger partial charge < -0.3 is 10.6 Å². The molecule has 2 aliphatic rings. The van der Waals surface area contributed by atoms with Crippen LogP contribution in [-0.4, -0.2) is 42.0 Å². The number of rotatable bonds is 5. The second kappa shape index (κ2) is 10.1. The Labute approximate surface area is 139 Å². The lowest BCUT2D eigenvalue weighted by Crippen LogP contribution is -2.42. The summed E-state index contributed by atoms with van der Waals surface area (Å²) in [5, 5.41) is 0. The molecule has 0 radical (unpaired) electrons. The van der Waals surface area contributed by atoms with Crippen molar-refractivity contribution >= 4 is 41.7 Å². The SMILES string of the molecule is I.NC(=NCCCCC1CCCC1)N1CCSCC1. The van der Waals surface area contributed by atoms with Crippen LogP contribution in [0.3, 0.4) is 0 Å². The summed E-state index contributed by atoms with van der Waals surface area (Å²) in [6, 6.07) is 0. The van der Waals surface area contributed by atoms with E-state index in [1.54, 1.807) is 0 Å². The Balaban J connectivity index is 0.00000180. The summed E-state index contributed by atoms with van der Waals surface area (Å²) in [6.07, 6.45) is 9.81. The van der Waals surface area contributed by atoms with Gasteiger partial charge in [-0.05, 0) is 12.3 Å². The first-order chi connectivity index (χ1) is 8.86. The van der Waals surface area contributed by atoms with Gasteiger partial charge in [0.25, 0.3) is 0 Å². The molecule has 1 saturated heterocycles. The van der Waals surface area contributed by atoms with E-state index >= 15 is 0 Å². The molecule has 0 atom stereocenters. The zero-order valence-electron chi connectivity index (χ0n) is 11.9. The van der Waals surface area contributed by atoms with Gasteiger partial charge in [-0.2, -0.15) is 11.8 Å². The third-order valence-corrected chi connectivity index (χ3v) is 5.05. The molecule has 1 aliphatic heterocycles. The molecule has 0 unspecified atom stereocenters. The van der Waals surface area contributed by atoms with Gasteiger partial charge in [0.1, 0.15) is 0 Å². The Kier molecular flexibility index (Phi) is 9.28. The summed E-state index contributed by atoms with van der Waals surface area (Å²) < 4.78 is 0. The summed E-state index contributed by atoms with van der Waals surface area (Å²) in [5.74, 6) is 4.18. The van der Waals surface area contributed by atoms with Crippen molar-refractivity contribution < 1.29 is 0 Å². The van der Waals surface area contributed by atoms with E-state index in [0.717, 1.165) is 31.5 Å². The Morgan fingerprint density at radius 3 is 2.53 bits per heavy atom. The predicted molar refractivity (Wildman–Crippen MR) is 96.6 cm³/mol. The number of nitrogens with two attached hydrogens (primary N) is 1. The zero-order valence-corrected chi connectivity index (χ0v) is 15.0. The molecular formula is C14H28IN3S. The molecule has 3 nitrogen and oxygen atoms in total. The third kappa shape index (κ3) is 6.56. The van der Waals surface area contributed by atoms with Gasteiger partial charge >= 0.3 is 0 Å². The van der Waals surface area contributed by atoms with Crippen LogP contribution in [0.15, 0.2) is 4.99 Å². The fraction of sp³-hybridized carbons (Fsp3) is 0.929. The number of unbranched alkanes of at least 4 members (excludes halogenated alkanes) is 1. The molecule has 0 bridgehead atoms. The molecule has 1 saturated carbocycles. The topological polar surface area (TPSA) is 41.6 Å². The van der Waals surface area contributed by atoms with Crippen LogP contribution >= 0.6 is 35.7 Å². The van der Waals surface area contributed by atoms with Gasteiger partial charge in [0.05, 0.1) is 0 Å². The Hall–Kier alpha value is 0.350. The zero-order chi connectivity index (χ0) is 12.6. The van der Waals surface area contributed by atoms with E-state index in [2.05, 4.69) is 9.89 Å². The molecule has 1 heterocycles. The maximum Gasteiger partial charge on any atom is 0.191 e. The monoisotopic (exact) mass is 397 g/mol. The van der Waals surface area contributed by atoms with Crippen molar-refractivity contribution in [2.75, 3.05) is 31.1 Å². The van der Waals surface area contributed by atoms with Gasteiger partial charge in [0.2, 0.25) is 0 Å². The van der Waals surface area contributed by atoms with Crippen molar-refractivity contribution in [3.63, 3.8) is 0 Å². The van der Waals surface area contributed by atoms with Crippen molar-refractivity contribution in [2.24, 2.45) is 16.6 Å². The number of halogens is 1. The smallest absolute Gasteiger partial charge is 0.191 e. The predicted octanol–water partition coefficient (Wildman–Crippen LogP) is 3.33. The molecule has 0 aromatic rings. The molecule has 0 spiro atoms. The molecule has 2 rings (SSSR count). The van der Waals surface area contributed by atoms with Crippen LogP contribution in [0.2, 0.25) is 0 Å². The minimum atomic E-state index is 0. The molecule has 0 aromatic heterocycles. The highest BCUT2D eigenvalue weighted by molar-refractivity contribution is 14.0. The average Bonchev–Trinajstić information content (AvgIpc) is 2.92. The highest BCUT2D eigenvalue weighted by Crippen LogP contribution is 2.28. The lowest BCUT2D eigenvalue weighted by atomic mass is 10.0. The molecule has 19 heavy (non-hydrogen) atoms. The fourth-order valence-corrected chi connectivity index (χ4v) is 3.83. The van der Waals surface area contributed by atoms with Crippen LogP contribution in [0, 0.1) is 5.92 Å². The summed E-state index contributed by atoms with van der Waals surface area (Å²) >= 11 is 2.01. The summed E-state index contributed by atoms with van der Waals surface area (Å²) in [6.45, 7) is 3.06. The number of nitrogens with zero attached hydrogens (tertiary/aromatic N) is 2. The van der Waals surface area contributed by atoms with Crippen molar-refractivity contribution in [2.45, 2.75) is 44.9 Å². The van der Waals surface area contributed by atoms with Crippen LogP contribution in [0.1, 0.15) is 44.9 Å². The minimum absolute atomic E-state index is 0. The van der Waals surface area contributed by atoms with Crippen LogP contribution in [0.25, 0.3) is 0 Å². The van der Waals surface area contributed by atoms with Crippen LogP contribution in [-0.2, 0) is 0 Å². The number of hydrogen-bond donors (Lipinski definition) is 1. The summed E-state index contributed by atoms with van der Waals surface area (Å²) in [7, 11) is 0. The van der Waals surface area contributed by atoms with Gasteiger partial charge in [-0.3, -0.25) is 4.99 Å². The van der Waals surface area contributed by atoms with Crippen molar-refractivity contribution in [1.29, 1.82) is 0 Å². The van der Waals surface area contributed by atoms with Gasteiger partial charge in [-0.25, -0.2) is 0 Å². The number of guanidine groups is 1. The first kappa shape index (κ1) is 17.4. The molecule has 2 N–H and O–H groups in total. The van der Waals surface area contributed by atoms with E-state index in [9.17, 15) is 0 Å². The van der Waals surface area contributed by atoms with E-state index in [4.69, 9.17) is 5.73 Å². The van der Waals surface area contributed by atoms with Gasteiger partial charge in [0.15, 0.2) is 5.96 Å². The fourth-order valence-electron chi connectivity index (χ4n) is 2.93. The van der Waals surface area contributed by atoms with Crippen molar-refractivity contribution in [3.8, 4) is 0 Å².